The van der Waals surface area contributed by atoms with E-state index in [2.05, 4.69) is 15.3 Å². The molecule has 1 aliphatic rings. The summed E-state index contributed by atoms with van der Waals surface area (Å²) in [7, 11) is 0. The number of thiophene rings is 1. The third kappa shape index (κ3) is 3.19. The van der Waals surface area contributed by atoms with Gasteiger partial charge in [-0.15, -0.1) is 11.3 Å². The number of nitrogens with one attached hydrogen (secondary N) is 1. The first-order chi connectivity index (χ1) is 13.0. The van der Waals surface area contributed by atoms with Gasteiger partial charge in [-0.25, -0.2) is 9.97 Å². The molecule has 3 aromatic rings. The number of aromatic nitrogens is 2. The number of carbonyl (C=O) groups is 2. The van der Waals surface area contributed by atoms with Crippen LogP contribution in [0, 0.1) is 6.92 Å². The van der Waals surface area contributed by atoms with E-state index < -0.39 is 11.4 Å². The minimum absolute atomic E-state index is 0.276. The Morgan fingerprint density at radius 3 is 2.48 bits per heavy atom. The molecule has 2 heterocycles. The first-order valence-electron chi connectivity index (χ1n) is 8.93. The molecule has 27 heavy (non-hydrogen) atoms. The summed E-state index contributed by atoms with van der Waals surface area (Å²) in [6.45, 7) is 1.87. The maximum atomic E-state index is 12.6. The molecule has 1 aromatic carbocycles. The average molecular weight is 380 g/mol. The van der Waals surface area contributed by atoms with E-state index in [1.165, 1.54) is 0 Å². The number of fused-ring (bicyclic) bond motifs is 1. The zero-order valence-corrected chi connectivity index (χ0v) is 15.8. The molecule has 7 heteroatoms. The molecule has 2 amide bonds. The van der Waals surface area contributed by atoms with E-state index in [-0.39, 0.29) is 5.91 Å². The molecule has 0 unspecified atom stereocenters. The van der Waals surface area contributed by atoms with Crippen molar-refractivity contribution >= 4 is 33.4 Å². The number of amides is 2. The summed E-state index contributed by atoms with van der Waals surface area (Å²) in [6, 6.07) is 9.24. The van der Waals surface area contributed by atoms with Gasteiger partial charge in [0.05, 0.1) is 15.9 Å². The summed E-state index contributed by atoms with van der Waals surface area (Å²) in [5.74, 6) is -0.0220. The van der Waals surface area contributed by atoms with Crippen molar-refractivity contribution in [2.75, 3.05) is 0 Å². The van der Waals surface area contributed by atoms with Crippen molar-refractivity contribution < 1.29 is 9.59 Å². The fraction of sp³-hybridized carbons (Fsp3) is 0.300. The summed E-state index contributed by atoms with van der Waals surface area (Å²) in [5, 5.41) is 4.86. The molecule has 0 aliphatic heterocycles. The van der Waals surface area contributed by atoms with Crippen molar-refractivity contribution in [1.29, 1.82) is 0 Å². The Hall–Kier alpha value is -2.80. The zero-order chi connectivity index (χ0) is 19.0. The van der Waals surface area contributed by atoms with Gasteiger partial charge < -0.3 is 11.1 Å². The molecule has 6 nitrogen and oxygen atoms in total. The van der Waals surface area contributed by atoms with Crippen LogP contribution < -0.4 is 11.1 Å². The number of benzene rings is 1. The Bertz CT molecular complexity index is 1020. The van der Waals surface area contributed by atoms with Gasteiger partial charge in [-0.2, -0.15) is 0 Å². The molecular formula is C20H20N4O2S. The second kappa shape index (κ2) is 6.74. The highest BCUT2D eigenvalue weighted by Gasteiger charge is 2.40. The fourth-order valence-electron chi connectivity index (χ4n) is 3.66. The van der Waals surface area contributed by atoms with Gasteiger partial charge in [0.1, 0.15) is 11.4 Å². The van der Waals surface area contributed by atoms with Crippen molar-refractivity contribution in [3.8, 4) is 11.3 Å². The summed E-state index contributed by atoms with van der Waals surface area (Å²) in [6.07, 6.45) is 2.99. The van der Waals surface area contributed by atoms with E-state index in [1.807, 2.05) is 30.5 Å². The second-order valence-corrected chi connectivity index (χ2v) is 7.86. The highest BCUT2D eigenvalue weighted by atomic mass is 32.1. The predicted molar refractivity (Wildman–Crippen MR) is 105 cm³/mol. The SMILES string of the molecule is Cc1nc(-c2ccc(C(=O)NC3(C(N)=O)CCCC3)cc2)c2sccc2n1. The minimum atomic E-state index is -0.914. The van der Waals surface area contributed by atoms with Crippen molar-refractivity contribution in [2.24, 2.45) is 5.73 Å². The molecule has 1 aliphatic carbocycles. The van der Waals surface area contributed by atoms with Crippen molar-refractivity contribution in [3.63, 3.8) is 0 Å². The van der Waals surface area contributed by atoms with Gasteiger partial charge in [0.15, 0.2) is 0 Å². The highest BCUT2D eigenvalue weighted by molar-refractivity contribution is 7.17. The molecule has 0 radical (unpaired) electrons. The number of carbonyl (C=O) groups excluding carboxylic acids is 2. The molecule has 4 rings (SSSR count). The summed E-state index contributed by atoms with van der Waals surface area (Å²) < 4.78 is 1.02. The third-order valence-corrected chi connectivity index (χ3v) is 6.03. The lowest BCUT2D eigenvalue weighted by Crippen LogP contribution is -2.55. The highest BCUT2D eigenvalue weighted by Crippen LogP contribution is 2.31. The lowest BCUT2D eigenvalue weighted by atomic mass is 9.96. The van der Waals surface area contributed by atoms with E-state index in [9.17, 15) is 9.59 Å². The van der Waals surface area contributed by atoms with Crippen molar-refractivity contribution in [2.45, 2.75) is 38.1 Å². The molecule has 1 fully saturated rings. The first kappa shape index (κ1) is 17.6. The van der Waals surface area contributed by atoms with Crippen molar-refractivity contribution in [1.82, 2.24) is 15.3 Å². The number of rotatable bonds is 4. The van der Waals surface area contributed by atoms with E-state index in [0.29, 0.717) is 24.2 Å². The van der Waals surface area contributed by atoms with E-state index >= 15 is 0 Å². The van der Waals surface area contributed by atoms with Crippen LogP contribution in [0.15, 0.2) is 35.7 Å². The van der Waals surface area contributed by atoms with E-state index in [4.69, 9.17) is 5.73 Å². The lowest BCUT2D eigenvalue weighted by molar-refractivity contribution is -0.123. The fourth-order valence-corrected chi connectivity index (χ4v) is 4.50. The molecular weight excluding hydrogens is 360 g/mol. The van der Waals surface area contributed by atoms with Crippen LogP contribution in [0.2, 0.25) is 0 Å². The number of nitrogens with two attached hydrogens (primary N) is 1. The Labute approximate surface area is 160 Å². The van der Waals surface area contributed by atoms with Crippen LogP contribution in [-0.2, 0) is 4.79 Å². The number of hydrogen-bond donors (Lipinski definition) is 2. The normalized spacial score (nSPS) is 15.7. The molecule has 0 saturated heterocycles. The Morgan fingerprint density at radius 1 is 1.11 bits per heavy atom. The van der Waals surface area contributed by atoms with Crippen LogP contribution >= 0.6 is 11.3 Å². The van der Waals surface area contributed by atoms with Crippen LogP contribution in [0.5, 0.6) is 0 Å². The molecule has 0 atom stereocenters. The molecule has 1 saturated carbocycles. The van der Waals surface area contributed by atoms with Crippen LogP contribution in [-0.4, -0.2) is 27.3 Å². The first-order valence-corrected chi connectivity index (χ1v) is 9.81. The predicted octanol–water partition coefficient (Wildman–Crippen LogP) is 3.19. The topological polar surface area (TPSA) is 98.0 Å². The van der Waals surface area contributed by atoms with Gasteiger partial charge in [-0.1, -0.05) is 25.0 Å². The average Bonchev–Trinajstić information content (AvgIpc) is 3.31. The number of nitrogens with zero attached hydrogens (tertiary/aromatic N) is 2. The standard InChI is InChI=1S/C20H20N4O2S/c1-12-22-15-8-11-27-17(15)16(23-12)13-4-6-14(7-5-13)18(25)24-20(19(21)26)9-2-3-10-20/h4-8,11H,2-3,9-10H2,1H3,(H2,21,26)(H,24,25). The Balaban J connectivity index is 1.61. The molecule has 3 N–H and O–H groups in total. The number of primary amides is 1. The summed E-state index contributed by atoms with van der Waals surface area (Å²) in [4.78, 5) is 33.5. The van der Waals surface area contributed by atoms with Gasteiger partial charge in [0.2, 0.25) is 5.91 Å². The minimum Gasteiger partial charge on any atom is -0.368 e. The van der Waals surface area contributed by atoms with Crippen LogP contribution in [0.1, 0.15) is 41.9 Å². The molecule has 138 valence electrons. The Kier molecular flexibility index (Phi) is 4.39. The quantitative estimate of drug-likeness (QED) is 0.726. The van der Waals surface area contributed by atoms with Gasteiger partial charge >= 0.3 is 0 Å². The zero-order valence-electron chi connectivity index (χ0n) is 15.0. The second-order valence-electron chi connectivity index (χ2n) is 6.94. The van der Waals surface area contributed by atoms with Gasteiger partial charge in [-0.05, 0) is 43.3 Å². The van der Waals surface area contributed by atoms with Crippen LogP contribution in [0.4, 0.5) is 0 Å². The monoisotopic (exact) mass is 380 g/mol. The Morgan fingerprint density at radius 2 is 1.81 bits per heavy atom. The van der Waals surface area contributed by atoms with E-state index in [0.717, 1.165) is 34.3 Å². The maximum absolute atomic E-state index is 12.6. The smallest absolute Gasteiger partial charge is 0.252 e. The summed E-state index contributed by atoms with van der Waals surface area (Å²) in [5.41, 5.74) is 7.85. The van der Waals surface area contributed by atoms with Crippen LogP contribution in [0.25, 0.3) is 21.5 Å². The lowest BCUT2D eigenvalue weighted by Gasteiger charge is -2.26. The van der Waals surface area contributed by atoms with Crippen LogP contribution in [0.3, 0.4) is 0 Å². The third-order valence-electron chi connectivity index (χ3n) is 5.12. The van der Waals surface area contributed by atoms with Gasteiger partial charge in [0.25, 0.3) is 5.91 Å². The van der Waals surface area contributed by atoms with Gasteiger partial charge in [0, 0.05) is 11.1 Å². The molecule has 0 bridgehead atoms. The summed E-state index contributed by atoms with van der Waals surface area (Å²) >= 11 is 1.60. The van der Waals surface area contributed by atoms with Gasteiger partial charge in [-0.3, -0.25) is 9.59 Å². The number of hydrogen-bond acceptors (Lipinski definition) is 5. The van der Waals surface area contributed by atoms with E-state index in [1.54, 1.807) is 23.5 Å². The maximum Gasteiger partial charge on any atom is 0.252 e. The van der Waals surface area contributed by atoms with Crippen molar-refractivity contribution in [3.05, 3.63) is 47.1 Å². The number of aryl methyl sites for hydroxylation is 1. The molecule has 2 aromatic heterocycles. The molecule has 0 spiro atoms. The largest absolute Gasteiger partial charge is 0.368 e.